The summed E-state index contributed by atoms with van der Waals surface area (Å²) in [6.45, 7) is 4.42. The van der Waals surface area contributed by atoms with Crippen LogP contribution >= 0.6 is 0 Å². The fourth-order valence-electron chi connectivity index (χ4n) is 3.40. The molecule has 214 valence electrons. The van der Waals surface area contributed by atoms with Gasteiger partial charge in [0.2, 0.25) is 19.5 Å². The van der Waals surface area contributed by atoms with Crippen molar-refractivity contribution in [2.45, 2.75) is 20.3 Å². The van der Waals surface area contributed by atoms with Gasteiger partial charge < -0.3 is 34.5 Å². The molecule has 0 aliphatic carbocycles. The number of aldehydes is 1. The van der Waals surface area contributed by atoms with Gasteiger partial charge in [-0.1, -0.05) is 6.07 Å². The summed E-state index contributed by atoms with van der Waals surface area (Å²) in [4.78, 5) is 14.3. The average molecular weight is 571 g/mol. The first-order valence-electron chi connectivity index (χ1n) is 12.3. The second-order valence-corrected chi connectivity index (χ2v) is 7.69. The molecule has 13 nitrogen and oxygen atoms in total. The summed E-state index contributed by atoms with van der Waals surface area (Å²) in [6, 6.07) is 17.6. The fourth-order valence-corrected chi connectivity index (χ4v) is 3.40. The Balaban J connectivity index is 0.000000267. The van der Waals surface area contributed by atoms with Crippen LogP contribution in [0.3, 0.4) is 0 Å². The minimum absolute atomic E-state index is 0. The standard InChI is InChI=1S/C16H12N4O3.C8H6O3.C3H2N2.C2H6O/c1-2-21-16-11(7-18)14(10(6-17)15(19)20-16)9-3-4-12-13(5-9)23-8-22-12;9-4-6-1-2-7-8(3-6)11-5-10-7;4-2-1-3-5;1-2-3/h3-5H,2,8H2,1H3,(H2,19,20);1-4H,5H2;1H2;3H,2H2,1H3. The summed E-state index contributed by atoms with van der Waals surface area (Å²) in [5.41, 5.74) is 7.74. The smallest absolute Gasteiger partial charge is 0.234 e. The van der Waals surface area contributed by atoms with E-state index in [1.807, 2.05) is 6.07 Å². The number of nitrogen functional groups attached to an aromatic ring is 1. The average Bonchev–Trinajstić information content (AvgIpc) is 3.67. The number of hydrogen-bond donors (Lipinski definition) is 2. The summed E-state index contributed by atoms with van der Waals surface area (Å²) < 4.78 is 26.1. The van der Waals surface area contributed by atoms with Crippen molar-refractivity contribution >= 4 is 12.1 Å². The molecular weight excluding hydrogens is 544 g/mol. The van der Waals surface area contributed by atoms with Crippen molar-refractivity contribution in [3.05, 3.63) is 53.1 Å². The minimum Gasteiger partial charge on any atom is -0.477 e. The molecular formula is C29H26N6O7. The summed E-state index contributed by atoms with van der Waals surface area (Å²) in [5, 5.41) is 41.7. The third-order valence-electron chi connectivity index (χ3n) is 5.05. The van der Waals surface area contributed by atoms with Crippen molar-refractivity contribution in [1.82, 2.24) is 4.98 Å². The van der Waals surface area contributed by atoms with E-state index in [0.717, 1.165) is 6.29 Å². The van der Waals surface area contributed by atoms with Crippen LogP contribution in [-0.2, 0) is 0 Å². The highest BCUT2D eigenvalue weighted by Gasteiger charge is 2.23. The molecule has 2 aromatic carbocycles. The number of fused-ring (bicyclic) bond motifs is 2. The van der Waals surface area contributed by atoms with Gasteiger partial charge in [0.1, 0.15) is 41.8 Å². The van der Waals surface area contributed by atoms with Crippen LogP contribution < -0.4 is 29.4 Å². The number of benzene rings is 2. The van der Waals surface area contributed by atoms with Crippen molar-refractivity contribution in [2.24, 2.45) is 0 Å². The van der Waals surface area contributed by atoms with E-state index in [2.05, 4.69) is 11.1 Å². The highest BCUT2D eigenvalue weighted by molar-refractivity contribution is 5.83. The second-order valence-electron chi connectivity index (χ2n) is 7.69. The number of aromatic nitrogens is 1. The van der Waals surface area contributed by atoms with Crippen molar-refractivity contribution in [3.63, 3.8) is 0 Å². The summed E-state index contributed by atoms with van der Waals surface area (Å²) in [5.74, 6) is 2.63. The van der Waals surface area contributed by atoms with Gasteiger partial charge in [0.15, 0.2) is 23.0 Å². The minimum atomic E-state index is 0. The molecule has 3 heterocycles. The van der Waals surface area contributed by atoms with Crippen LogP contribution in [0.5, 0.6) is 28.9 Å². The van der Waals surface area contributed by atoms with Crippen molar-refractivity contribution in [1.29, 1.82) is 21.0 Å². The number of anilines is 1. The molecule has 2 aliphatic rings. The molecule has 2 aliphatic heterocycles. The van der Waals surface area contributed by atoms with Crippen LogP contribution in [-0.4, -0.2) is 43.2 Å². The Hall–Kier alpha value is -6.02. The normalized spacial score (nSPS) is 10.7. The second kappa shape index (κ2) is 16.8. The molecule has 0 unspecified atom stereocenters. The van der Waals surface area contributed by atoms with E-state index < -0.39 is 0 Å². The van der Waals surface area contributed by atoms with Crippen LogP contribution in [0, 0.1) is 45.3 Å². The molecule has 0 bridgehead atoms. The number of aliphatic hydroxyl groups is 1. The SMILES string of the molecule is CCO.CCOc1nc(N)c(C#N)c(-c2ccc3c(c2)OCO3)c1C#N.N#CCC#N.O=Cc1ccc2c(c1)OCO2. The van der Waals surface area contributed by atoms with Crippen molar-refractivity contribution in [2.75, 3.05) is 32.5 Å². The van der Waals surface area contributed by atoms with Crippen molar-refractivity contribution < 1.29 is 33.6 Å². The molecule has 5 rings (SSSR count). The number of aliphatic hydroxyl groups excluding tert-OH is 1. The van der Waals surface area contributed by atoms with Gasteiger partial charge in [-0.25, -0.2) is 0 Å². The van der Waals surface area contributed by atoms with Gasteiger partial charge >= 0.3 is 0 Å². The topological polar surface area (TPSA) is 218 Å². The highest BCUT2D eigenvalue weighted by atomic mass is 16.7. The van der Waals surface area contributed by atoms with E-state index in [-0.39, 0.29) is 49.4 Å². The number of nitriles is 4. The highest BCUT2D eigenvalue weighted by Crippen LogP contribution is 2.40. The Labute approximate surface area is 242 Å². The lowest BCUT2D eigenvalue weighted by Gasteiger charge is -2.13. The Morgan fingerprint density at radius 3 is 1.95 bits per heavy atom. The zero-order chi connectivity index (χ0) is 30.9. The lowest BCUT2D eigenvalue weighted by atomic mass is 9.96. The molecule has 42 heavy (non-hydrogen) atoms. The van der Waals surface area contributed by atoms with E-state index in [0.29, 0.717) is 46.3 Å². The molecule has 3 aromatic rings. The zero-order valence-corrected chi connectivity index (χ0v) is 22.8. The predicted molar refractivity (Wildman–Crippen MR) is 147 cm³/mol. The first kappa shape index (κ1) is 32.2. The molecule has 0 atom stereocenters. The van der Waals surface area contributed by atoms with Gasteiger partial charge in [0.25, 0.3) is 0 Å². The number of nitrogens with two attached hydrogens (primary N) is 1. The van der Waals surface area contributed by atoms with Crippen LogP contribution in [0.1, 0.15) is 41.8 Å². The van der Waals surface area contributed by atoms with Crippen LogP contribution in [0.25, 0.3) is 11.1 Å². The Bertz CT molecular complexity index is 1550. The van der Waals surface area contributed by atoms with Crippen LogP contribution in [0.4, 0.5) is 5.82 Å². The van der Waals surface area contributed by atoms with Gasteiger partial charge in [-0.15, -0.1) is 0 Å². The molecule has 0 saturated carbocycles. The van der Waals surface area contributed by atoms with Gasteiger partial charge in [-0.3, -0.25) is 4.79 Å². The number of pyridine rings is 1. The summed E-state index contributed by atoms with van der Waals surface area (Å²) in [6.07, 6.45) is 0.780. The molecule has 0 radical (unpaired) electrons. The van der Waals surface area contributed by atoms with E-state index >= 15 is 0 Å². The first-order chi connectivity index (χ1) is 20.4. The van der Waals surface area contributed by atoms with Crippen LogP contribution in [0.15, 0.2) is 36.4 Å². The number of ether oxygens (including phenoxy) is 5. The Morgan fingerprint density at radius 1 is 0.905 bits per heavy atom. The number of hydrogen-bond acceptors (Lipinski definition) is 13. The molecule has 0 spiro atoms. The molecule has 0 amide bonds. The van der Waals surface area contributed by atoms with E-state index in [1.54, 1.807) is 62.4 Å². The van der Waals surface area contributed by atoms with E-state index in [1.165, 1.54) is 0 Å². The van der Waals surface area contributed by atoms with Crippen molar-refractivity contribution in [3.8, 4) is 64.3 Å². The lowest BCUT2D eigenvalue weighted by molar-refractivity contribution is 0.112. The number of nitrogens with zero attached hydrogens (tertiary/aromatic N) is 5. The molecule has 1 aromatic heterocycles. The number of carbonyl (C=O) groups is 1. The third-order valence-corrected chi connectivity index (χ3v) is 5.05. The lowest BCUT2D eigenvalue weighted by Crippen LogP contribution is -2.06. The van der Waals surface area contributed by atoms with Crippen LogP contribution in [0.2, 0.25) is 0 Å². The first-order valence-corrected chi connectivity index (χ1v) is 12.3. The molecule has 0 saturated heterocycles. The molecule has 3 N–H and O–H groups in total. The predicted octanol–water partition coefficient (Wildman–Crippen LogP) is 3.85. The fraction of sp³-hybridized carbons (Fsp3) is 0.241. The maximum absolute atomic E-state index is 10.3. The van der Waals surface area contributed by atoms with Gasteiger partial charge in [-0.2, -0.15) is 26.0 Å². The Kier molecular flexibility index (Phi) is 12.9. The largest absolute Gasteiger partial charge is 0.477 e. The van der Waals surface area contributed by atoms with E-state index in [9.17, 15) is 15.3 Å². The van der Waals surface area contributed by atoms with Gasteiger partial charge in [0.05, 0.1) is 18.7 Å². The van der Waals surface area contributed by atoms with E-state index in [4.69, 9.17) is 45.0 Å². The summed E-state index contributed by atoms with van der Waals surface area (Å²) in [7, 11) is 0. The maximum Gasteiger partial charge on any atom is 0.234 e. The summed E-state index contributed by atoms with van der Waals surface area (Å²) >= 11 is 0. The monoisotopic (exact) mass is 570 g/mol. The number of rotatable bonds is 4. The third kappa shape index (κ3) is 8.24. The maximum atomic E-state index is 10.3. The molecule has 13 heteroatoms. The number of carbonyl (C=O) groups excluding carboxylic acids is 1. The van der Waals surface area contributed by atoms with Gasteiger partial charge in [-0.05, 0) is 49.7 Å². The zero-order valence-electron chi connectivity index (χ0n) is 22.8. The Morgan fingerprint density at radius 2 is 1.45 bits per heavy atom. The quantitative estimate of drug-likeness (QED) is 0.426. The van der Waals surface area contributed by atoms with Gasteiger partial charge in [0, 0.05) is 17.7 Å². The molecule has 0 fully saturated rings.